The summed E-state index contributed by atoms with van der Waals surface area (Å²) in [7, 11) is 0. The first-order chi connectivity index (χ1) is 10.3. The summed E-state index contributed by atoms with van der Waals surface area (Å²) in [6, 6.07) is 12.1. The molecule has 106 valence electrons. The number of rotatable bonds is 3. The molecule has 0 radical (unpaired) electrons. The Bertz CT molecular complexity index is 828. The molecule has 1 aliphatic rings. The van der Waals surface area contributed by atoms with Crippen molar-refractivity contribution in [3.05, 3.63) is 57.9 Å². The van der Waals surface area contributed by atoms with E-state index in [4.69, 9.17) is 21.0 Å². The highest BCUT2D eigenvalue weighted by molar-refractivity contribution is 7.07. The van der Waals surface area contributed by atoms with Gasteiger partial charge in [0.05, 0.1) is 17.6 Å². The minimum Gasteiger partial charge on any atom is -0.463 e. The van der Waals surface area contributed by atoms with E-state index in [1.807, 2.05) is 36.4 Å². The molecular weight excluding hydrogens is 304 g/mol. The molecule has 0 atom stereocenters. The van der Waals surface area contributed by atoms with Crippen LogP contribution in [0.3, 0.4) is 0 Å². The lowest BCUT2D eigenvalue weighted by molar-refractivity contribution is 0.570. The molecule has 3 aromatic rings. The highest BCUT2D eigenvalue weighted by Gasteiger charge is 2.28. The Hall–Kier alpha value is -1.78. The number of thiazole rings is 1. The van der Waals surface area contributed by atoms with Gasteiger partial charge in [-0.25, -0.2) is 4.99 Å². The summed E-state index contributed by atoms with van der Waals surface area (Å²) in [5, 5.41) is 2.82. The van der Waals surface area contributed by atoms with Gasteiger partial charge < -0.3 is 8.98 Å². The summed E-state index contributed by atoms with van der Waals surface area (Å²) < 4.78 is 7.83. The minimum absolute atomic E-state index is 0.536. The summed E-state index contributed by atoms with van der Waals surface area (Å²) >= 11 is 7.67. The van der Waals surface area contributed by atoms with Gasteiger partial charge in [-0.3, -0.25) is 0 Å². The quantitative estimate of drug-likeness (QED) is 0.666. The summed E-state index contributed by atoms with van der Waals surface area (Å²) in [6.45, 7) is 0. The Labute approximate surface area is 131 Å². The standard InChI is InChI=1S/C16H13ClN2OS/c17-11-3-1-4-12(9-11)18-16-19(13-6-7-13)14(10-21-16)15-5-2-8-20-15/h1-5,8-10,13H,6-7H2. The number of nitrogens with zero attached hydrogens (tertiary/aromatic N) is 2. The van der Waals surface area contributed by atoms with E-state index < -0.39 is 0 Å². The SMILES string of the molecule is Clc1cccc(N=c2scc(-c3ccco3)n2C2CC2)c1. The monoisotopic (exact) mass is 316 g/mol. The van der Waals surface area contributed by atoms with Crippen LogP contribution in [-0.4, -0.2) is 4.57 Å². The molecule has 1 saturated carbocycles. The van der Waals surface area contributed by atoms with Crippen molar-refractivity contribution in [3.8, 4) is 11.5 Å². The van der Waals surface area contributed by atoms with Crippen LogP contribution in [0, 0.1) is 0 Å². The van der Waals surface area contributed by atoms with Crippen LogP contribution in [-0.2, 0) is 0 Å². The Morgan fingerprint density at radius 2 is 2.14 bits per heavy atom. The first-order valence-electron chi connectivity index (χ1n) is 6.85. The second-order valence-electron chi connectivity index (χ2n) is 5.07. The lowest BCUT2D eigenvalue weighted by Crippen LogP contribution is -2.14. The highest BCUT2D eigenvalue weighted by atomic mass is 35.5. The molecule has 2 aromatic heterocycles. The van der Waals surface area contributed by atoms with Crippen LogP contribution in [0.4, 0.5) is 5.69 Å². The molecule has 1 aliphatic carbocycles. The van der Waals surface area contributed by atoms with Gasteiger partial charge in [-0.1, -0.05) is 17.7 Å². The van der Waals surface area contributed by atoms with Crippen molar-refractivity contribution < 1.29 is 4.42 Å². The molecule has 1 fully saturated rings. The Morgan fingerprint density at radius 3 is 2.86 bits per heavy atom. The lowest BCUT2D eigenvalue weighted by atomic mass is 10.3. The average molecular weight is 317 g/mol. The van der Waals surface area contributed by atoms with Crippen LogP contribution in [0.2, 0.25) is 5.02 Å². The maximum absolute atomic E-state index is 6.03. The first kappa shape index (κ1) is 12.9. The van der Waals surface area contributed by atoms with Gasteiger partial charge >= 0.3 is 0 Å². The van der Waals surface area contributed by atoms with Crippen molar-refractivity contribution in [2.75, 3.05) is 0 Å². The van der Waals surface area contributed by atoms with E-state index in [2.05, 4.69) is 9.95 Å². The van der Waals surface area contributed by atoms with E-state index in [0.29, 0.717) is 11.1 Å². The van der Waals surface area contributed by atoms with Gasteiger partial charge in [-0.2, -0.15) is 0 Å². The second kappa shape index (κ2) is 5.20. The molecule has 21 heavy (non-hydrogen) atoms. The summed E-state index contributed by atoms with van der Waals surface area (Å²) in [5.41, 5.74) is 1.98. The van der Waals surface area contributed by atoms with Crippen molar-refractivity contribution in [2.24, 2.45) is 4.99 Å². The Kier molecular flexibility index (Phi) is 3.20. The van der Waals surface area contributed by atoms with Gasteiger partial charge in [-0.15, -0.1) is 11.3 Å². The van der Waals surface area contributed by atoms with Gasteiger partial charge in [0, 0.05) is 16.4 Å². The number of hydrogen-bond donors (Lipinski definition) is 0. The minimum atomic E-state index is 0.536. The van der Waals surface area contributed by atoms with Gasteiger partial charge in [-0.05, 0) is 43.2 Å². The number of hydrogen-bond acceptors (Lipinski definition) is 3. The molecule has 0 amide bonds. The van der Waals surface area contributed by atoms with E-state index >= 15 is 0 Å². The second-order valence-corrected chi connectivity index (χ2v) is 6.35. The van der Waals surface area contributed by atoms with Gasteiger partial charge in [0.25, 0.3) is 0 Å². The summed E-state index contributed by atoms with van der Waals surface area (Å²) in [5.74, 6) is 0.894. The third-order valence-corrected chi connectivity index (χ3v) is 4.54. The number of aromatic nitrogens is 1. The van der Waals surface area contributed by atoms with E-state index in [1.165, 1.54) is 12.8 Å². The lowest BCUT2D eigenvalue weighted by Gasteiger charge is -2.04. The Balaban J connectivity index is 1.86. The third kappa shape index (κ3) is 2.57. The molecule has 3 nitrogen and oxygen atoms in total. The summed E-state index contributed by atoms with van der Waals surface area (Å²) in [4.78, 5) is 5.74. The Morgan fingerprint density at radius 1 is 1.24 bits per heavy atom. The smallest absolute Gasteiger partial charge is 0.190 e. The topological polar surface area (TPSA) is 30.4 Å². The number of furan rings is 1. The number of halogens is 1. The predicted octanol–water partition coefficient (Wildman–Crippen LogP) is 5.03. The van der Waals surface area contributed by atoms with Gasteiger partial charge in [0.2, 0.25) is 0 Å². The van der Waals surface area contributed by atoms with Gasteiger partial charge in [0.1, 0.15) is 0 Å². The van der Waals surface area contributed by atoms with Gasteiger partial charge in [0.15, 0.2) is 10.6 Å². The fourth-order valence-corrected chi connectivity index (χ4v) is 3.50. The van der Waals surface area contributed by atoms with Crippen molar-refractivity contribution >= 4 is 28.6 Å². The average Bonchev–Trinajstić information content (AvgIpc) is 3.00. The molecule has 0 unspecified atom stereocenters. The largest absolute Gasteiger partial charge is 0.463 e. The van der Waals surface area contributed by atoms with Crippen LogP contribution in [0.5, 0.6) is 0 Å². The fraction of sp³-hybridized carbons (Fsp3) is 0.188. The van der Waals surface area contributed by atoms with Crippen molar-refractivity contribution in [1.82, 2.24) is 4.57 Å². The molecule has 0 spiro atoms. The zero-order valence-electron chi connectivity index (χ0n) is 11.2. The molecule has 5 heteroatoms. The third-order valence-electron chi connectivity index (χ3n) is 3.46. The summed E-state index contributed by atoms with van der Waals surface area (Å²) in [6.07, 6.45) is 4.11. The molecule has 0 saturated heterocycles. The van der Waals surface area contributed by atoms with E-state index in [1.54, 1.807) is 17.6 Å². The first-order valence-corrected chi connectivity index (χ1v) is 8.11. The van der Waals surface area contributed by atoms with E-state index in [-0.39, 0.29) is 0 Å². The maximum Gasteiger partial charge on any atom is 0.190 e. The zero-order valence-corrected chi connectivity index (χ0v) is 12.8. The molecule has 0 bridgehead atoms. The van der Waals surface area contributed by atoms with Crippen LogP contribution >= 0.6 is 22.9 Å². The van der Waals surface area contributed by atoms with E-state index in [9.17, 15) is 0 Å². The zero-order chi connectivity index (χ0) is 14.2. The molecular formula is C16H13ClN2OS. The molecule has 0 aliphatic heterocycles. The molecule has 0 N–H and O–H groups in total. The fourth-order valence-electron chi connectivity index (χ4n) is 2.35. The predicted molar refractivity (Wildman–Crippen MR) is 85.0 cm³/mol. The maximum atomic E-state index is 6.03. The molecule has 4 rings (SSSR count). The highest BCUT2D eigenvalue weighted by Crippen LogP contribution is 2.38. The van der Waals surface area contributed by atoms with Crippen molar-refractivity contribution in [3.63, 3.8) is 0 Å². The number of benzene rings is 1. The van der Waals surface area contributed by atoms with Crippen molar-refractivity contribution in [2.45, 2.75) is 18.9 Å². The molecule has 1 aromatic carbocycles. The van der Waals surface area contributed by atoms with Crippen LogP contribution in [0.25, 0.3) is 11.5 Å². The van der Waals surface area contributed by atoms with Crippen molar-refractivity contribution in [1.29, 1.82) is 0 Å². The van der Waals surface area contributed by atoms with Crippen LogP contribution < -0.4 is 4.80 Å². The normalized spacial score (nSPS) is 15.6. The van der Waals surface area contributed by atoms with Crippen LogP contribution in [0.1, 0.15) is 18.9 Å². The van der Waals surface area contributed by atoms with Crippen LogP contribution in [0.15, 0.2) is 57.5 Å². The van der Waals surface area contributed by atoms with E-state index in [0.717, 1.165) is 21.9 Å². The molecule has 2 heterocycles.